The maximum absolute atomic E-state index is 11.1. The van der Waals surface area contributed by atoms with Crippen LogP contribution in [-0.4, -0.2) is 11.1 Å². The summed E-state index contributed by atoms with van der Waals surface area (Å²) in [4.78, 5) is 11.1. The number of nitrogens with two attached hydrogens (primary N) is 1. The van der Waals surface area contributed by atoms with Crippen molar-refractivity contribution in [1.82, 2.24) is 0 Å². The summed E-state index contributed by atoms with van der Waals surface area (Å²) in [5.74, 6) is -1.08. The fraction of sp³-hybridized carbons (Fsp3) is 0.364. The van der Waals surface area contributed by atoms with Crippen LogP contribution in [0.4, 0.5) is 5.69 Å². The van der Waals surface area contributed by atoms with Crippen molar-refractivity contribution >= 4 is 79.4 Å². The Morgan fingerprint density at radius 1 is 1.41 bits per heavy atom. The van der Waals surface area contributed by atoms with Crippen molar-refractivity contribution in [1.29, 1.82) is 0 Å². The van der Waals surface area contributed by atoms with E-state index in [1.54, 1.807) is 0 Å². The maximum Gasteiger partial charge on any atom is 0.306 e. The van der Waals surface area contributed by atoms with Crippen molar-refractivity contribution in [2.24, 2.45) is 5.92 Å². The molecule has 3 nitrogen and oxygen atoms in total. The lowest BCUT2D eigenvalue weighted by Crippen LogP contribution is -2.17. The number of hydrogen-bond donors (Lipinski definition) is 2. The Kier molecular flexibility index (Phi) is 6.23. The molecule has 94 valence electrons. The summed E-state index contributed by atoms with van der Waals surface area (Å²) in [6, 6.07) is 2.00. The largest absolute Gasteiger partial charge is 0.481 e. The van der Waals surface area contributed by atoms with Gasteiger partial charge in [-0.3, -0.25) is 4.79 Å². The zero-order valence-electron chi connectivity index (χ0n) is 9.14. The van der Waals surface area contributed by atoms with Gasteiger partial charge in [0.25, 0.3) is 0 Å². The van der Waals surface area contributed by atoms with Crippen LogP contribution in [-0.2, 0) is 11.2 Å². The molecule has 0 aliphatic carbocycles. The summed E-state index contributed by atoms with van der Waals surface area (Å²) >= 11 is 6.64. The van der Waals surface area contributed by atoms with Gasteiger partial charge in [-0.05, 0) is 92.2 Å². The highest BCUT2D eigenvalue weighted by atomic mass is 127. The minimum Gasteiger partial charge on any atom is -0.481 e. The fourth-order valence-electron chi connectivity index (χ4n) is 1.49. The molecule has 0 aliphatic heterocycles. The topological polar surface area (TPSA) is 63.3 Å². The molecule has 1 aromatic rings. The highest BCUT2D eigenvalue weighted by Gasteiger charge is 2.20. The first-order valence-electron chi connectivity index (χ1n) is 5.03. The fourth-order valence-corrected chi connectivity index (χ4v) is 5.30. The van der Waals surface area contributed by atoms with Gasteiger partial charge in [0.15, 0.2) is 0 Å². The molecule has 1 atom stereocenters. The molecular formula is C11H12I3NO2. The van der Waals surface area contributed by atoms with Crippen LogP contribution in [0.2, 0.25) is 0 Å². The molecule has 3 N–H and O–H groups in total. The molecule has 1 rings (SSSR count). The van der Waals surface area contributed by atoms with E-state index in [9.17, 15) is 4.79 Å². The van der Waals surface area contributed by atoms with Gasteiger partial charge in [-0.25, -0.2) is 0 Å². The Balaban J connectivity index is 3.14. The number of nitrogen functional groups attached to an aromatic ring is 1. The van der Waals surface area contributed by atoms with Gasteiger partial charge in [0.05, 0.1) is 11.6 Å². The lowest BCUT2D eigenvalue weighted by atomic mass is 9.97. The monoisotopic (exact) mass is 571 g/mol. The van der Waals surface area contributed by atoms with Gasteiger partial charge in [-0.15, -0.1) is 0 Å². The quantitative estimate of drug-likeness (QED) is 0.428. The Morgan fingerprint density at radius 3 is 2.47 bits per heavy atom. The van der Waals surface area contributed by atoms with E-state index in [1.807, 2.05) is 13.0 Å². The van der Waals surface area contributed by atoms with Crippen LogP contribution >= 0.6 is 67.8 Å². The molecule has 0 fully saturated rings. The van der Waals surface area contributed by atoms with E-state index >= 15 is 0 Å². The molecule has 6 heteroatoms. The summed E-state index contributed by atoms with van der Waals surface area (Å²) in [6.45, 7) is 1.90. The Hall–Kier alpha value is 0.680. The normalized spacial score (nSPS) is 12.5. The number of hydrogen-bond acceptors (Lipinski definition) is 2. The lowest BCUT2D eigenvalue weighted by Gasteiger charge is -2.15. The average Bonchev–Trinajstić information content (AvgIpc) is 2.26. The zero-order chi connectivity index (χ0) is 13.2. The van der Waals surface area contributed by atoms with Crippen LogP contribution in [0.1, 0.15) is 18.9 Å². The number of anilines is 1. The Labute approximate surface area is 141 Å². The molecule has 0 saturated heterocycles. The molecule has 0 aromatic heterocycles. The van der Waals surface area contributed by atoms with E-state index in [0.717, 1.165) is 22.0 Å². The number of carboxylic acids is 1. The summed E-state index contributed by atoms with van der Waals surface area (Å²) in [7, 11) is 0. The van der Waals surface area contributed by atoms with E-state index in [1.165, 1.54) is 0 Å². The lowest BCUT2D eigenvalue weighted by molar-refractivity contribution is -0.141. The van der Waals surface area contributed by atoms with Gasteiger partial charge >= 0.3 is 5.97 Å². The smallest absolute Gasteiger partial charge is 0.306 e. The van der Waals surface area contributed by atoms with E-state index in [0.29, 0.717) is 12.8 Å². The van der Waals surface area contributed by atoms with Gasteiger partial charge < -0.3 is 10.8 Å². The average molecular weight is 571 g/mol. The van der Waals surface area contributed by atoms with Crippen LogP contribution in [0.3, 0.4) is 0 Å². The predicted octanol–water partition coefficient (Wildman–Crippen LogP) is 3.74. The molecule has 0 heterocycles. The third kappa shape index (κ3) is 3.82. The van der Waals surface area contributed by atoms with Crippen molar-refractivity contribution in [3.05, 3.63) is 22.3 Å². The maximum atomic E-state index is 11.1. The second-order valence-electron chi connectivity index (χ2n) is 3.69. The van der Waals surface area contributed by atoms with Gasteiger partial charge in [0.2, 0.25) is 0 Å². The second kappa shape index (κ2) is 6.73. The predicted molar refractivity (Wildman–Crippen MR) is 94.1 cm³/mol. The first-order valence-corrected chi connectivity index (χ1v) is 8.26. The molecule has 0 unspecified atom stereocenters. The van der Waals surface area contributed by atoms with Crippen molar-refractivity contribution in [2.45, 2.75) is 19.8 Å². The number of carbonyl (C=O) groups is 1. The summed E-state index contributed by atoms with van der Waals surface area (Å²) in [6.07, 6.45) is 1.18. The number of benzene rings is 1. The molecule has 0 bridgehead atoms. The molecule has 1 aromatic carbocycles. The number of halogens is 3. The molecule has 17 heavy (non-hydrogen) atoms. The first-order chi connectivity index (χ1) is 7.88. The summed E-state index contributed by atoms with van der Waals surface area (Å²) in [5.41, 5.74) is 7.78. The highest BCUT2D eigenvalue weighted by molar-refractivity contribution is 14.1. The number of aliphatic carboxylic acids is 1. The third-order valence-electron chi connectivity index (χ3n) is 2.59. The van der Waals surface area contributed by atoms with Crippen LogP contribution in [0.25, 0.3) is 0 Å². The van der Waals surface area contributed by atoms with Crippen LogP contribution in [0.15, 0.2) is 6.07 Å². The van der Waals surface area contributed by atoms with Crippen molar-refractivity contribution < 1.29 is 9.90 Å². The highest BCUT2D eigenvalue weighted by Crippen LogP contribution is 2.31. The molecule has 0 aliphatic rings. The summed E-state index contributed by atoms with van der Waals surface area (Å²) < 4.78 is 3.09. The minimum atomic E-state index is -0.740. The van der Waals surface area contributed by atoms with Gasteiger partial charge in [-0.2, -0.15) is 0 Å². The van der Waals surface area contributed by atoms with Gasteiger partial charge in [-0.1, -0.05) is 6.92 Å². The Morgan fingerprint density at radius 2 is 2.00 bits per heavy atom. The Bertz CT molecular complexity index is 449. The van der Waals surface area contributed by atoms with Crippen LogP contribution < -0.4 is 5.73 Å². The number of carboxylic acid groups (broad SMARTS) is 1. The van der Waals surface area contributed by atoms with Gasteiger partial charge in [0, 0.05) is 10.7 Å². The molecular weight excluding hydrogens is 559 g/mol. The second-order valence-corrected chi connectivity index (χ2v) is 7.10. The van der Waals surface area contributed by atoms with E-state index < -0.39 is 5.97 Å². The van der Waals surface area contributed by atoms with Crippen molar-refractivity contribution in [3.63, 3.8) is 0 Å². The first kappa shape index (κ1) is 15.7. The molecule has 0 saturated carbocycles. The third-order valence-corrected chi connectivity index (χ3v) is 5.68. The van der Waals surface area contributed by atoms with Crippen molar-refractivity contribution in [3.8, 4) is 0 Å². The van der Waals surface area contributed by atoms with Crippen LogP contribution in [0.5, 0.6) is 0 Å². The van der Waals surface area contributed by atoms with E-state index in [-0.39, 0.29) is 5.92 Å². The van der Waals surface area contributed by atoms with Crippen molar-refractivity contribution in [2.75, 3.05) is 5.73 Å². The van der Waals surface area contributed by atoms with E-state index in [4.69, 9.17) is 10.8 Å². The standard InChI is InChI=1S/C11H12I3NO2/c1-2-5(11(16)17)3-6-7(12)4-8(13)10(15)9(6)14/h4-5H,2-3,15H2,1H3,(H,16,17)/t5-/m0/s1. The molecule has 0 amide bonds. The molecule has 0 spiro atoms. The SMILES string of the molecule is CC[C@@H](Cc1c(I)cc(I)c(N)c1I)C(=O)O. The summed E-state index contributed by atoms with van der Waals surface area (Å²) in [5, 5.41) is 9.10. The molecule has 0 radical (unpaired) electrons. The number of rotatable bonds is 4. The minimum absolute atomic E-state index is 0.337. The zero-order valence-corrected chi connectivity index (χ0v) is 15.6. The van der Waals surface area contributed by atoms with Crippen LogP contribution in [0, 0.1) is 16.6 Å². The van der Waals surface area contributed by atoms with E-state index in [2.05, 4.69) is 67.8 Å². The van der Waals surface area contributed by atoms with Gasteiger partial charge in [0.1, 0.15) is 0 Å².